The molecule has 1 atom stereocenters. The van der Waals surface area contributed by atoms with Gasteiger partial charge in [0.15, 0.2) is 5.69 Å². The molecule has 3 nitrogen and oxygen atoms in total. The van der Waals surface area contributed by atoms with Crippen LogP contribution in [0.1, 0.15) is 11.3 Å². The Labute approximate surface area is 178 Å². The Morgan fingerprint density at radius 1 is 0.967 bits per heavy atom. The molecule has 0 amide bonds. The summed E-state index contributed by atoms with van der Waals surface area (Å²) in [6.45, 7) is 0.240. The van der Waals surface area contributed by atoms with Gasteiger partial charge in [0.1, 0.15) is 0 Å². The Kier molecular flexibility index (Phi) is 5.62. The number of benzene rings is 2. The van der Waals surface area contributed by atoms with Crippen molar-refractivity contribution in [3.63, 3.8) is 0 Å². The number of halogens is 3. The second-order valence-electron chi connectivity index (χ2n) is 6.70. The number of rotatable bonds is 5. The van der Waals surface area contributed by atoms with E-state index in [9.17, 15) is 17.4 Å². The van der Waals surface area contributed by atoms with Gasteiger partial charge in [-0.2, -0.15) is 18.3 Å². The molecule has 1 unspecified atom stereocenters. The summed E-state index contributed by atoms with van der Waals surface area (Å²) in [6.07, 6.45) is -2.91. The molecule has 0 spiro atoms. The minimum absolute atomic E-state index is 0.240. The second kappa shape index (κ2) is 8.20. The van der Waals surface area contributed by atoms with E-state index in [1.54, 1.807) is 18.4 Å². The molecule has 0 aliphatic rings. The van der Waals surface area contributed by atoms with Gasteiger partial charge in [-0.15, -0.1) is 11.3 Å². The maximum atomic E-state index is 13.3. The summed E-state index contributed by atoms with van der Waals surface area (Å²) in [5.74, 6) is 0. The first-order valence-electron chi connectivity index (χ1n) is 9.04. The molecule has 0 saturated carbocycles. The molecule has 0 bridgehead atoms. The number of nitrogens with zero attached hydrogens (tertiary/aromatic N) is 2. The SMILES string of the molecule is CS(=O)c1cccc(-c2ccc(-c3cc(C(F)(F)F)nn3Cc3ccccc3)s2)c1. The molecule has 2 aromatic carbocycles. The molecule has 4 rings (SSSR count). The molecule has 30 heavy (non-hydrogen) atoms. The number of alkyl halides is 3. The third-order valence-corrected chi connectivity index (χ3v) is 6.63. The zero-order valence-corrected chi connectivity index (χ0v) is 17.5. The lowest BCUT2D eigenvalue weighted by atomic mass is 10.2. The highest BCUT2D eigenvalue weighted by atomic mass is 32.2. The third-order valence-electron chi connectivity index (χ3n) is 4.55. The number of hydrogen-bond acceptors (Lipinski definition) is 3. The van der Waals surface area contributed by atoms with E-state index >= 15 is 0 Å². The van der Waals surface area contributed by atoms with E-state index < -0.39 is 22.7 Å². The second-order valence-corrected chi connectivity index (χ2v) is 9.17. The number of hydrogen-bond donors (Lipinski definition) is 0. The van der Waals surface area contributed by atoms with Gasteiger partial charge < -0.3 is 0 Å². The lowest BCUT2D eigenvalue weighted by Crippen LogP contribution is -2.09. The van der Waals surface area contributed by atoms with Crippen LogP contribution in [-0.4, -0.2) is 20.2 Å². The predicted octanol–water partition coefficient (Wildman–Crippen LogP) is 6.08. The summed E-state index contributed by atoms with van der Waals surface area (Å²) in [6, 6.07) is 21.4. The fraction of sp³-hybridized carbons (Fsp3) is 0.136. The first-order valence-corrected chi connectivity index (χ1v) is 11.4. The van der Waals surface area contributed by atoms with Crippen LogP contribution in [0.3, 0.4) is 0 Å². The van der Waals surface area contributed by atoms with E-state index in [0.29, 0.717) is 15.5 Å². The Morgan fingerprint density at radius 2 is 1.70 bits per heavy atom. The lowest BCUT2D eigenvalue weighted by Gasteiger charge is -2.06. The minimum atomic E-state index is -4.52. The molecule has 0 saturated heterocycles. The molecule has 154 valence electrons. The van der Waals surface area contributed by atoms with Crippen LogP contribution in [0.5, 0.6) is 0 Å². The molecular formula is C22H17F3N2OS2. The standard InChI is InChI=1S/C22H17F3N2OS2/c1-30(28)17-9-5-8-16(12-17)19-10-11-20(29-19)18-13-21(22(23,24)25)26-27(18)14-15-6-3-2-4-7-15/h2-13H,14H2,1H3. The summed E-state index contributed by atoms with van der Waals surface area (Å²) in [5, 5.41) is 3.83. The van der Waals surface area contributed by atoms with Crippen molar-refractivity contribution in [2.75, 3.05) is 6.26 Å². The average Bonchev–Trinajstić information content (AvgIpc) is 3.36. The Bertz CT molecular complexity index is 1200. The molecule has 2 aromatic heterocycles. The van der Waals surface area contributed by atoms with E-state index in [0.717, 1.165) is 22.1 Å². The topological polar surface area (TPSA) is 34.9 Å². The summed E-state index contributed by atoms with van der Waals surface area (Å²) in [4.78, 5) is 2.28. The number of aromatic nitrogens is 2. The summed E-state index contributed by atoms with van der Waals surface area (Å²) < 4.78 is 53.1. The molecular weight excluding hydrogens is 429 g/mol. The van der Waals surface area contributed by atoms with Crippen LogP contribution in [0, 0.1) is 0 Å². The fourth-order valence-electron chi connectivity index (χ4n) is 3.09. The van der Waals surface area contributed by atoms with Crippen molar-refractivity contribution in [1.29, 1.82) is 0 Å². The highest BCUT2D eigenvalue weighted by Crippen LogP contribution is 2.38. The summed E-state index contributed by atoms with van der Waals surface area (Å²) >= 11 is 1.38. The van der Waals surface area contributed by atoms with Gasteiger partial charge in [-0.05, 0) is 41.5 Å². The predicted molar refractivity (Wildman–Crippen MR) is 114 cm³/mol. The van der Waals surface area contributed by atoms with E-state index in [2.05, 4.69) is 5.10 Å². The summed E-state index contributed by atoms with van der Waals surface area (Å²) in [7, 11) is -1.11. The van der Waals surface area contributed by atoms with Crippen molar-refractivity contribution in [3.8, 4) is 21.0 Å². The highest BCUT2D eigenvalue weighted by Gasteiger charge is 2.35. The normalized spacial score (nSPS) is 12.8. The van der Waals surface area contributed by atoms with E-state index in [4.69, 9.17) is 0 Å². The Morgan fingerprint density at radius 3 is 2.40 bits per heavy atom. The van der Waals surface area contributed by atoms with Gasteiger partial charge in [-0.3, -0.25) is 8.89 Å². The maximum Gasteiger partial charge on any atom is 0.435 e. The van der Waals surface area contributed by atoms with Crippen LogP contribution in [0.15, 0.2) is 77.7 Å². The maximum absolute atomic E-state index is 13.3. The van der Waals surface area contributed by atoms with Gasteiger partial charge >= 0.3 is 6.18 Å². The van der Waals surface area contributed by atoms with Gasteiger partial charge in [0.2, 0.25) is 0 Å². The van der Waals surface area contributed by atoms with Crippen molar-refractivity contribution in [1.82, 2.24) is 9.78 Å². The van der Waals surface area contributed by atoms with Gasteiger partial charge in [0, 0.05) is 26.8 Å². The van der Waals surface area contributed by atoms with Crippen molar-refractivity contribution < 1.29 is 17.4 Å². The largest absolute Gasteiger partial charge is 0.435 e. The fourth-order valence-corrected chi connectivity index (χ4v) is 4.68. The lowest BCUT2D eigenvalue weighted by molar-refractivity contribution is -0.141. The number of thiophene rings is 1. The van der Waals surface area contributed by atoms with Gasteiger partial charge in [0.05, 0.1) is 17.1 Å². The Balaban J connectivity index is 1.74. The summed E-state index contributed by atoms with van der Waals surface area (Å²) in [5.41, 5.74) is 1.25. The van der Waals surface area contributed by atoms with Crippen molar-refractivity contribution in [2.45, 2.75) is 17.6 Å². The van der Waals surface area contributed by atoms with Gasteiger partial charge in [-0.1, -0.05) is 42.5 Å². The molecule has 4 aromatic rings. The zero-order valence-electron chi connectivity index (χ0n) is 15.9. The van der Waals surface area contributed by atoms with Gasteiger partial charge in [-0.25, -0.2) is 0 Å². The first kappa shape index (κ1) is 20.6. The Hall–Kier alpha value is -2.71. The van der Waals surface area contributed by atoms with Crippen LogP contribution in [-0.2, 0) is 23.5 Å². The quantitative estimate of drug-likeness (QED) is 0.372. The molecule has 0 N–H and O–H groups in total. The van der Waals surface area contributed by atoms with Crippen LogP contribution in [0.2, 0.25) is 0 Å². The monoisotopic (exact) mass is 446 g/mol. The van der Waals surface area contributed by atoms with Gasteiger partial charge in [0.25, 0.3) is 0 Å². The van der Waals surface area contributed by atoms with Crippen LogP contribution < -0.4 is 0 Å². The third kappa shape index (κ3) is 4.39. The minimum Gasteiger partial charge on any atom is -0.259 e. The molecule has 0 fully saturated rings. The van der Waals surface area contributed by atoms with E-state index in [1.165, 1.54) is 16.0 Å². The molecule has 0 aliphatic heterocycles. The molecule has 8 heteroatoms. The highest BCUT2D eigenvalue weighted by molar-refractivity contribution is 7.84. The first-order chi connectivity index (χ1) is 14.3. The van der Waals surface area contributed by atoms with E-state index in [1.807, 2.05) is 54.6 Å². The van der Waals surface area contributed by atoms with E-state index in [-0.39, 0.29) is 6.54 Å². The van der Waals surface area contributed by atoms with Crippen LogP contribution in [0.4, 0.5) is 13.2 Å². The van der Waals surface area contributed by atoms with Crippen molar-refractivity contribution in [3.05, 3.63) is 84.1 Å². The molecule has 2 heterocycles. The smallest absolute Gasteiger partial charge is 0.259 e. The zero-order chi connectivity index (χ0) is 21.3. The van der Waals surface area contributed by atoms with Crippen LogP contribution >= 0.6 is 11.3 Å². The molecule has 0 aliphatic carbocycles. The average molecular weight is 447 g/mol. The van der Waals surface area contributed by atoms with Crippen molar-refractivity contribution in [2.24, 2.45) is 0 Å². The van der Waals surface area contributed by atoms with Crippen molar-refractivity contribution >= 4 is 22.1 Å². The van der Waals surface area contributed by atoms with Crippen LogP contribution in [0.25, 0.3) is 21.0 Å². The molecule has 0 radical (unpaired) electrons.